The number of urea groups is 2. The van der Waals surface area contributed by atoms with Gasteiger partial charge in [0.2, 0.25) is 5.66 Å². The molecule has 9 heteroatoms. The minimum Gasteiger partial charge on any atom is -0.317 e. The topological polar surface area (TPSA) is 94.1 Å². The van der Waals surface area contributed by atoms with Gasteiger partial charge in [-0.3, -0.25) is 4.79 Å². The number of aryl methyl sites for hydroxylation is 1. The Morgan fingerprint density at radius 1 is 1.00 bits per heavy atom. The second-order valence-electron chi connectivity index (χ2n) is 10.5. The number of aliphatic imine (C=N–C) groups is 1. The molecule has 2 aliphatic heterocycles. The molecular weight excluding hydrogens is 509 g/mol. The van der Waals surface area contributed by atoms with E-state index in [-0.39, 0.29) is 28.9 Å². The fraction of sp³-hybridized carbons (Fsp3) is 0.226. The molecule has 5 amide bonds. The average Bonchev–Trinajstić information content (AvgIpc) is 3.55. The van der Waals surface area contributed by atoms with Crippen LogP contribution >= 0.6 is 0 Å². The third kappa shape index (κ3) is 4.43. The lowest BCUT2D eigenvalue weighted by Gasteiger charge is -2.34. The first-order valence-electron chi connectivity index (χ1n) is 13.2. The zero-order valence-corrected chi connectivity index (χ0v) is 22.1. The van der Waals surface area contributed by atoms with Crippen LogP contribution in [0.25, 0.3) is 0 Å². The Balaban J connectivity index is 1.46. The number of rotatable bonds is 3. The van der Waals surface area contributed by atoms with Crippen molar-refractivity contribution in [3.63, 3.8) is 0 Å². The van der Waals surface area contributed by atoms with Gasteiger partial charge in [0.25, 0.3) is 5.91 Å². The number of halogens is 1. The SMILES string of the molecule is Cc1cccc(NC(=O)NC2(C)N=C(c3ccccc3F)c3ccccc3N(C(=O)N3CC4C=CC3C4)C2=O)c1. The van der Waals surface area contributed by atoms with Crippen LogP contribution in [0.1, 0.15) is 30.0 Å². The summed E-state index contributed by atoms with van der Waals surface area (Å²) < 4.78 is 15.2. The molecule has 40 heavy (non-hydrogen) atoms. The fourth-order valence-corrected chi connectivity index (χ4v) is 5.62. The van der Waals surface area contributed by atoms with Gasteiger partial charge in [-0.05, 0) is 62.1 Å². The van der Waals surface area contributed by atoms with Crippen LogP contribution in [-0.2, 0) is 4.79 Å². The summed E-state index contributed by atoms with van der Waals surface area (Å²) in [6, 6.07) is 18.8. The molecule has 2 bridgehead atoms. The molecule has 3 aromatic carbocycles. The van der Waals surface area contributed by atoms with Crippen molar-refractivity contribution < 1.29 is 18.8 Å². The van der Waals surface area contributed by atoms with Gasteiger partial charge in [-0.25, -0.2) is 23.9 Å². The van der Waals surface area contributed by atoms with Crippen LogP contribution in [0.3, 0.4) is 0 Å². The first kappa shape index (κ1) is 25.5. The second kappa shape index (κ2) is 9.75. The average molecular weight is 538 g/mol. The summed E-state index contributed by atoms with van der Waals surface area (Å²) in [5, 5.41) is 5.42. The van der Waals surface area contributed by atoms with E-state index in [4.69, 9.17) is 4.99 Å². The maximum atomic E-state index is 15.2. The van der Waals surface area contributed by atoms with E-state index >= 15 is 4.39 Å². The molecule has 3 unspecified atom stereocenters. The van der Waals surface area contributed by atoms with Gasteiger partial charge in [0, 0.05) is 23.4 Å². The number of nitrogens with zero attached hydrogens (tertiary/aromatic N) is 3. The van der Waals surface area contributed by atoms with Crippen molar-refractivity contribution in [2.75, 3.05) is 16.8 Å². The van der Waals surface area contributed by atoms with E-state index in [1.54, 1.807) is 65.6 Å². The van der Waals surface area contributed by atoms with E-state index in [0.29, 0.717) is 17.8 Å². The van der Waals surface area contributed by atoms with Crippen molar-refractivity contribution in [3.8, 4) is 0 Å². The third-order valence-corrected chi connectivity index (χ3v) is 7.54. The number of benzene rings is 3. The Morgan fingerprint density at radius 2 is 1.75 bits per heavy atom. The Morgan fingerprint density at radius 3 is 2.45 bits per heavy atom. The highest BCUT2D eigenvalue weighted by molar-refractivity contribution is 6.27. The van der Waals surface area contributed by atoms with E-state index in [9.17, 15) is 14.4 Å². The number of amides is 5. The zero-order valence-electron chi connectivity index (χ0n) is 22.1. The molecule has 2 N–H and O–H groups in total. The minimum atomic E-state index is -1.95. The monoisotopic (exact) mass is 537 g/mol. The maximum absolute atomic E-state index is 15.2. The molecule has 1 fully saturated rings. The molecule has 3 aliphatic rings. The molecule has 3 atom stereocenters. The summed E-state index contributed by atoms with van der Waals surface area (Å²) in [5.41, 5.74) is 0.488. The van der Waals surface area contributed by atoms with Gasteiger partial charge in [-0.1, -0.05) is 54.6 Å². The molecule has 0 spiro atoms. The smallest absolute Gasteiger partial charge is 0.317 e. The number of para-hydroxylation sites is 1. The van der Waals surface area contributed by atoms with Crippen LogP contribution < -0.4 is 15.5 Å². The van der Waals surface area contributed by atoms with Gasteiger partial charge in [-0.2, -0.15) is 0 Å². The van der Waals surface area contributed by atoms with Crippen molar-refractivity contribution in [2.45, 2.75) is 32.0 Å². The van der Waals surface area contributed by atoms with Gasteiger partial charge in [0.1, 0.15) is 5.82 Å². The number of imide groups is 1. The van der Waals surface area contributed by atoms with E-state index in [0.717, 1.165) is 16.9 Å². The second-order valence-corrected chi connectivity index (χ2v) is 10.5. The Kier molecular flexibility index (Phi) is 6.21. The van der Waals surface area contributed by atoms with Crippen molar-refractivity contribution in [1.82, 2.24) is 10.2 Å². The first-order valence-corrected chi connectivity index (χ1v) is 13.2. The number of benzodiazepines with no additional fused rings is 1. The predicted molar refractivity (Wildman–Crippen MR) is 151 cm³/mol. The largest absolute Gasteiger partial charge is 0.332 e. The fourth-order valence-electron chi connectivity index (χ4n) is 5.62. The van der Waals surface area contributed by atoms with Crippen LogP contribution in [-0.4, -0.2) is 46.8 Å². The summed E-state index contributed by atoms with van der Waals surface area (Å²) >= 11 is 0. The summed E-state index contributed by atoms with van der Waals surface area (Å²) in [5.74, 6) is -1.06. The molecule has 2 heterocycles. The third-order valence-electron chi connectivity index (χ3n) is 7.54. The normalized spacial score (nSPS) is 23.0. The molecule has 1 saturated heterocycles. The Hall–Kier alpha value is -4.79. The van der Waals surface area contributed by atoms with Gasteiger partial charge < -0.3 is 15.5 Å². The quantitative estimate of drug-likeness (QED) is 0.448. The van der Waals surface area contributed by atoms with Crippen LogP contribution in [0.5, 0.6) is 0 Å². The van der Waals surface area contributed by atoms with Gasteiger partial charge in [0.15, 0.2) is 0 Å². The number of hydrogen-bond donors (Lipinski definition) is 2. The molecule has 3 aromatic rings. The number of fused-ring (bicyclic) bond motifs is 3. The number of likely N-dealkylation sites (tertiary alicyclic amines) is 1. The summed E-state index contributed by atoms with van der Waals surface area (Å²) in [6.45, 7) is 3.81. The van der Waals surface area contributed by atoms with Crippen molar-refractivity contribution in [1.29, 1.82) is 0 Å². The number of carbonyl (C=O) groups is 3. The van der Waals surface area contributed by atoms with Crippen LogP contribution in [0.4, 0.5) is 25.4 Å². The number of anilines is 2. The number of carbonyl (C=O) groups excluding carboxylic acids is 3. The lowest BCUT2D eigenvalue weighted by Crippen LogP contribution is -2.61. The molecule has 0 saturated carbocycles. The van der Waals surface area contributed by atoms with E-state index in [2.05, 4.69) is 16.7 Å². The number of nitrogens with one attached hydrogen (secondary N) is 2. The van der Waals surface area contributed by atoms with Crippen molar-refractivity contribution in [2.24, 2.45) is 10.9 Å². The predicted octanol–water partition coefficient (Wildman–Crippen LogP) is 5.24. The van der Waals surface area contributed by atoms with Crippen LogP contribution in [0.2, 0.25) is 0 Å². The van der Waals surface area contributed by atoms with Gasteiger partial charge in [-0.15, -0.1) is 0 Å². The van der Waals surface area contributed by atoms with Crippen molar-refractivity contribution >= 4 is 35.1 Å². The van der Waals surface area contributed by atoms with Crippen LogP contribution in [0, 0.1) is 18.7 Å². The van der Waals surface area contributed by atoms with Gasteiger partial charge in [0.05, 0.1) is 17.4 Å². The summed E-state index contributed by atoms with van der Waals surface area (Å²) in [4.78, 5) is 49.1. The molecule has 6 rings (SSSR count). The minimum absolute atomic E-state index is 0.114. The number of hydrogen-bond acceptors (Lipinski definition) is 4. The van der Waals surface area contributed by atoms with Gasteiger partial charge >= 0.3 is 12.1 Å². The van der Waals surface area contributed by atoms with E-state index in [1.165, 1.54) is 13.0 Å². The van der Waals surface area contributed by atoms with E-state index < -0.39 is 29.4 Å². The molecule has 8 nitrogen and oxygen atoms in total. The summed E-state index contributed by atoms with van der Waals surface area (Å²) in [6.07, 6.45) is 4.88. The maximum Gasteiger partial charge on any atom is 0.332 e. The lowest BCUT2D eigenvalue weighted by molar-refractivity contribution is -0.123. The summed E-state index contributed by atoms with van der Waals surface area (Å²) in [7, 11) is 0. The molecule has 0 aromatic heterocycles. The standard InChI is InChI=1S/C31H28FN5O3/c1-19-8-7-9-21(16-19)33-29(39)35-31(2)28(38)37(30(40)36-18-20-14-15-22(36)17-20)26-13-6-4-11-24(26)27(34-31)23-10-3-5-12-25(23)32/h3-16,20,22H,17-18H2,1-2H3,(H2,33,35,39). The first-order chi connectivity index (χ1) is 19.2. The Bertz CT molecular complexity index is 1600. The highest BCUT2D eigenvalue weighted by Gasteiger charge is 2.48. The van der Waals surface area contributed by atoms with E-state index in [1.807, 2.05) is 19.1 Å². The molecule has 0 radical (unpaired) electrons. The highest BCUT2D eigenvalue weighted by atomic mass is 19.1. The van der Waals surface area contributed by atoms with Crippen molar-refractivity contribution in [3.05, 3.63) is 107 Å². The molecule has 202 valence electrons. The highest BCUT2D eigenvalue weighted by Crippen LogP contribution is 2.37. The van der Waals surface area contributed by atoms with Crippen LogP contribution in [0.15, 0.2) is 89.9 Å². The molecular formula is C31H28FN5O3. The molecule has 1 aliphatic carbocycles. The zero-order chi connectivity index (χ0) is 28.0. The Labute approximate surface area is 231 Å². The lowest BCUT2D eigenvalue weighted by atomic mass is 9.99.